The van der Waals surface area contributed by atoms with E-state index in [1.165, 1.54) is 43.4 Å². The fourth-order valence-electron chi connectivity index (χ4n) is 4.74. The highest BCUT2D eigenvalue weighted by atomic mass is 14.7. The third-order valence-corrected chi connectivity index (χ3v) is 5.97. The Labute approximate surface area is 123 Å². The summed E-state index contributed by atoms with van der Waals surface area (Å²) >= 11 is 0. The van der Waals surface area contributed by atoms with Gasteiger partial charge in [0.1, 0.15) is 0 Å². The van der Waals surface area contributed by atoms with Crippen LogP contribution in [0.15, 0.2) is 18.3 Å². The third-order valence-electron chi connectivity index (χ3n) is 5.97. The molecule has 4 atom stereocenters. The molecule has 0 aliphatic heterocycles. The number of hydrogen-bond acceptors (Lipinski definition) is 2. The number of aromatic nitrogens is 1. The molecule has 2 aliphatic rings. The lowest BCUT2D eigenvalue weighted by molar-refractivity contribution is 0.0849. The Kier molecular flexibility index (Phi) is 3.62. The molecule has 0 saturated heterocycles. The summed E-state index contributed by atoms with van der Waals surface area (Å²) in [7, 11) is 0. The van der Waals surface area contributed by atoms with Gasteiger partial charge >= 0.3 is 0 Å². The molecular formula is C18H28N2. The molecule has 1 heterocycles. The van der Waals surface area contributed by atoms with Crippen LogP contribution in [0.3, 0.4) is 0 Å². The highest BCUT2D eigenvalue weighted by Gasteiger charge is 2.45. The van der Waals surface area contributed by atoms with Gasteiger partial charge in [0.25, 0.3) is 0 Å². The van der Waals surface area contributed by atoms with Gasteiger partial charge in [-0.15, -0.1) is 0 Å². The van der Waals surface area contributed by atoms with E-state index in [9.17, 15) is 0 Å². The van der Waals surface area contributed by atoms with Gasteiger partial charge in [0.2, 0.25) is 0 Å². The van der Waals surface area contributed by atoms with E-state index in [0.29, 0.717) is 17.9 Å². The van der Waals surface area contributed by atoms with Crippen LogP contribution in [-0.2, 0) is 6.42 Å². The maximum Gasteiger partial charge on any atom is 0.0471 e. The number of rotatable bonds is 2. The minimum atomic E-state index is 0.263. The molecule has 3 rings (SSSR count). The average Bonchev–Trinajstić information content (AvgIpc) is 2.82. The van der Waals surface area contributed by atoms with E-state index < -0.39 is 0 Å². The van der Waals surface area contributed by atoms with Crippen molar-refractivity contribution in [2.45, 2.75) is 64.8 Å². The largest absolute Gasteiger partial charge is 0.327 e. The zero-order valence-corrected chi connectivity index (χ0v) is 13.1. The summed E-state index contributed by atoms with van der Waals surface area (Å²) in [5, 5.41) is 0. The minimum absolute atomic E-state index is 0.263. The highest BCUT2D eigenvalue weighted by molar-refractivity contribution is 5.30. The van der Waals surface area contributed by atoms with Crippen LogP contribution < -0.4 is 5.73 Å². The van der Waals surface area contributed by atoms with Crippen molar-refractivity contribution in [3.8, 4) is 0 Å². The van der Waals surface area contributed by atoms with Crippen molar-refractivity contribution in [1.82, 2.24) is 4.98 Å². The quantitative estimate of drug-likeness (QED) is 0.886. The van der Waals surface area contributed by atoms with Crippen LogP contribution in [0, 0.1) is 17.3 Å². The van der Waals surface area contributed by atoms with Crippen LogP contribution >= 0.6 is 0 Å². The second kappa shape index (κ2) is 5.14. The van der Waals surface area contributed by atoms with Crippen LogP contribution in [0.1, 0.15) is 63.6 Å². The molecule has 4 unspecified atom stereocenters. The zero-order valence-electron chi connectivity index (χ0n) is 13.1. The monoisotopic (exact) mass is 272 g/mol. The first kappa shape index (κ1) is 14.1. The first-order valence-electron chi connectivity index (χ1n) is 8.19. The van der Waals surface area contributed by atoms with Crippen molar-refractivity contribution in [2.75, 3.05) is 0 Å². The molecule has 2 heteroatoms. The summed E-state index contributed by atoms with van der Waals surface area (Å²) in [6.45, 7) is 7.21. The molecule has 1 fully saturated rings. The second-order valence-electron chi connectivity index (χ2n) is 7.65. The van der Waals surface area contributed by atoms with Crippen molar-refractivity contribution in [3.05, 3.63) is 29.6 Å². The summed E-state index contributed by atoms with van der Waals surface area (Å²) in [6, 6.07) is 4.69. The zero-order chi connectivity index (χ0) is 14.3. The number of hydrogen-bond donors (Lipinski definition) is 1. The molecular weight excluding hydrogens is 244 g/mol. The van der Waals surface area contributed by atoms with Crippen molar-refractivity contribution in [2.24, 2.45) is 23.0 Å². The van der Waals surface area contributed by atoms with Gasteiger partial charge < -0.3 is 5.73 Å². The Morgan fingerprint density at radius 1 is 1.25 bits per heavy atom. The number of nitrogens with zero attached hydrogens (tertiary/aromatic N) is 1. The van der Waals surface area contributed by atoms with Gasteiger partial charge in [0.15, 0.2) is 0 Å². The molecule has 1 saturated carbocycles. The van der Waals surface area contributed by atoms with Crippen molar-refractivity contribution in [1.29, 1.82) is 0 Å². The van der Waals surface area contributed by atoms with Crippen molar-refractivity contribution in [3.63, 3.8) is 0 Å². The lowest BCUT2D eigenvalue weighted by Gasteiger charge is -2.46. The molecule has 0 spiro atoms. The standard InChI is InChI=1S/C18H28N2/c1-12-6-8-14(16(19)11-12)18(2,3)15-9-7-13-5-4-10-20-17(13)15/h4-5,10,12,14-16H,6-9,11,19H2,1-3H3. The number of pyridine rings is 1. The van der Waals surface area contributed by atoms with Gasteiger partial charge in [0.05, 0.1) is 0 Å². The fourth-order valence-corrected chi connectivity index (χ4v) is 4.74. The maximum atomic E-state index is 6.52. The number of nitrogens with two attached hydrogens (primary N) is 1. The summed E-state index contributed by atoms with van der Waals surface area (Å²) in [5.41, 5.74) is 9.60. The second-order valence-corrected chi connectivity index (χ2v) is 7.65. The van der Waals surface area contributed by atoms with Gasteiger partial charge in [-0.25, -0.2) is 0 Å². The Morgan fingerprint density at radius 3 is 2.80 bits per heavy atom. The number of aryl methyl sites for hydroxylation is 1. The van der Waals surface area contributed by atoms with Gasteiger partial charge in [-0.1, -0.05) is 33.3 Å². The molecule has 1 aromatic rings. The van der Waals surface area contributed by atoms with E-state index in [0.717, 1.165) is 5.92 Å². The van der Waals surface area contributed by atoms with E-state index in [2.05, 4.69) is 32.9 Å². The average molecular weight is 272 g/mol. The van der Waals surface area contributed by atoms with Gasteiger partial charge in [-0.3, -0.25) is 4.98 Å². The van der Waals surface area contributed by atoms with Crippen LogP contribution in [0.2, 0.25) is 0 Å². The Balaban J connectivity index is 1.86. The van der Waals surface area contributed by atoms with Crippen LogP contribution in [0.4, 0.5) is 0 Å². The molecule has 2 N–H and O–H groups in total. The van der Waals surface area contributed by atoms with E-state index in [4.69, 9.17) is 10.7 Å². The van der Waals surface area contributed by atoms with E-state index in [-0.39, 0.29) is 5.41 Å². The summed E-state index contributed by atoms with van der Waals surface area (Å²) in [6.07, 6.45) is 8.21. The number of fused-ring (bicyclic) bond motifs is 1. The van der Waals surface area contributed by atoms with Gasteiger partial charge in [-0.2, -0.15) is 0 Å². The van der Waals surface area contributed by atoms with Crippen LogP contribution in [0.25, 0.3) is 0 Å². The Morgan fingerprint density at radius 2 is 2.05 bits per heavy atom. The summed E-state index contributed by atoms with van der Waals surface area (Å²) in [4.78, 5) is 4.70. The fraction of sp³-hybridized carbons (Fsp3) is 0.722. The Hall–Kier alpha value is -0.890. The normalized spacial score (nSPS) is 34.0. The predicted octanol–water partition coefficient (Wildman–Crippen LogP) is 3.90. The Bertz CT molecular complexity index is 480. The summed E-state index contributed by atoms with van der Waals surface area (Å²) in [5.74, 6) is 2.02. The van der Waals surface area contributed by atoms with Crippen molar-refractivity contribution < 1.29 is 0 Å². The lowest BCUT2D eigenvalue weighted by Crippen LogP contribution is -2.46. The molecule has 20 heavy (non-hydrogen) atoms. The molecule has 0 aromatic carbocycles. The first-order valence-corrected chi connectivity index (χ1v) is 8.19. The molecule has 2 aliphatic carbocycles. The molecule has 110 valence electrons. The smallest absolute Gasteiger partial charge is 0.0471 e. The minimum Gasteiger partial charge on any atom is -0.327 e. The molecule has 1 aromatic heterocycles. The van der Waals surface area contributed by atoms with E-state index in [1.807, 2.05) is 6.20 Å². The van der Waals surface area contributed by atoms with Gasteiger partial charge in [0, 0.05) is 23.9 Å². The topological polar surface area (TPSA) is 38.9 Å². The lowest BCUT2D eigenvalue weighted by atomic mass is 9.61. The molecule has 0 radical (unpaired) electrons. The maximum absolute atomic E-state index is 6.52. The summed E-state index contributed by atoms with van der Waals surface area (Å²) < 4.78 is 0. The molecule has 0 amide bonds. The van der Waals surface area contributed by atoms with Crippen molar-refractivity contribution >= 4 is 0 Å². The first-order chi connectivity index (χ1) is 9.50. The van der Waals surface area contributed by atoms with E-state index in [1.54, 1.807) is 0 Å². The third kappa shape index (κ3) is 2.28. The molecule has 2 nitrogen and oxygen atoms in total. The van der Waals surface area contributed by atoms with Crippen LogP contribution in [0.5, 0.6) is 0 Å². The molecule has 0 bridgehead atoms. The highest BCUT2D eigenvalue weighted by Crippen LogP contribution is 2.52. The SMILES string of the molecule is CC1CCC(C(C)(C)C2CCc3cccnc32)C(N)C1. The van der Waals surface area contributed by atoms with Crippen LogP contribution in [-0.4, -0.2) is 11.0 Å². The van der Waals surface area contributed by atoms with Gasteiger partial charge in [-0.05, 0) is 54.6 Å². The predicted molar refractivity (Wildman–Crippen MR) is 83.6 cm³/mol. The van der Waals surface area contributed by atoms with E-state index >= 15 is 0 Å².